The average molecular weight is 154 g/mol. The van der Waals surface area contributed by atoms with Crippen LogP contribution in [0.2, 0.25) is 0 Å². The van der Waals surface area contributed by atoms with Crippen LogP contribution < -0.4 is 0 Å². The van der Waals surface area contributed by atoms with Crippen LogP contribution in [-0.4, -0.2) is 12.2 Å². The lowest BCUT2D eigenvalue weighted by Crippen LogP contribution is -1.16. The fourth-order valence-electron chi connectivity index (χ4n) is 0.227. The molecule has 2 N–H and O–H groups in total. The van der Waals surface area contributed by atoms with Crippen LogP contribution in [-0.2, 0) is 9.59 Å². The summed E-state index contributed by atoms with van der Waals surface area (Å²) in [6.07, 6.45) is 4.75. The minimum atomic E-state index is 0.750. The predicted octanol–water partition coefficient (Wildman–Crippen LogP) is 1.08. The number of isocyanates is 2. The summed E-state index contributed by atoms with van der Waals surface area (Å²) in [6, 6.07) is 3.67. The molecule has 5 heteroatoms. The van der Waals surface area contributed by atoms with Crippen molar-refractivity contribution in [2.45, 2.75) is 0 Å². The normalized spacial score (nSPS) is 5.09. The summed E-state index contributed by atoms with van der Waals surface area (Å²) in [5.74, 6) is 0. The van der Waals surface area contributed by atoms with Crippen molar-refractivity contribution in [3.8, 4) is 0 Å². The molecule has 58 valence electrons. The second-order valence-corrected chi connectivity index (χ2v) is 0.997. The topological polar surface area (TPSA) is 95.0 Å². The smallest absolute Gasteiger partial charge is 0.231 e. The van der Waals surface area contributed by atoms with Gasteiger partial charge >= 0.3 is 0 Å². The molecule has 0 bridgehead atoms. The third-order valence-corrected chi connectivity index (χ3v) is 0.425. The van der Waals surface area contributed by atoms with Gasteiger partial charge in [0.25, 0.3) is 0 Å². The van der Waals surface area contributed by atoms with Gasteiger partial charge in [0.2, 0.25) is 12.2 Å². The van der Waals surface area contributed by atoms with Gasteiger partial charge in [-0.1, -0.05) is 0 Å². The lowest BCUT2D eigenvalue weighted by Gasteiger charge is -1.50. The van der Waals surface area contributed by atoms with Crippen LogP contribution in [0.5, 0.6) is 0 Å². The van der Waals surface area contributed by atoms with E-state index in [1.54, 1.807) is 12.5 Å². The molecule has 0 aromatic carbocycles. The van der Waals surface area contributed by atoms with E-state index in [4.69, 9.17) is 20.4 Å². The Hall–Kier alpha value is -1.96. The zero-order chi connectivity index (χ0) is 8.95. The van der Waals surface area contributed by atoms with E-state index < -0.39 is 0 Å². The van der Waals surface area contributed by atoms with Crippen molar-refractivity contribution in [3.63, 3.8) is 0 Å². The van der Waals surface area contributed by atoms with E-state index in [0.717, 1.165) is 12.2 Å². The fourth-order valence-corrected chi connectivity index (χ4v) is 0.227. The average Bonchev–Trinajstić information content (AvgIpc) is 2.44. The molecule has 0 atom stereocenters. The van der Waals surface area contributed by atoms with Crippen LogP contribution in [0.1, 0.15) is 0 Å². The summed E-state index contributed by atoms with van der Waals surface area (Å²) in [5.41, 5.74) is 0. The van der Waals surface area contributed by atoms with Crippen LogP contribution in [0, 0.1) is 10.8 Å². The Kier molecular flexibility index (Phi) is 16.8. The Balaban J connectivity index is 0. The largest absolute Gasteiger partial charge is 0.473 e. The van der Waals surface area contributed by atoms with Gasteiger partial charge in [0.15, 0.2) is 0 Å². The molecular weight excluding hydrogens is 148 g/mol. The molecule has 0 saturated heterocycles. The van der Waals surface area contributed by atoms with Gasteiger partial charge in [-0.15, -0.1) is 0 Å². The molecule has 0 unspecified atom stereocenters. The number of furan rings is 1. The molecule has 0 aliphatic heterocycles. The highest BCUT2D eigenvalue weighted by molar-refractivity contribution is 5.26. The van der Waals surface area contributed by atoms with Gasteiger partial charge in [0, 0.05) is 0 Å². The lowest BCUT2D eigenvalue weighted by molar-refractivity contribution is 0.562. The number of rotatable bonds is 0. The number of hydrogen-bond acceptors (Lipinski definition) is 5. The standard InChI is InChI=1S/C4H4O.2CHNO/c1-2-4-5-3-1;2*2-1-3/h1-4H;2*2H. The summed E-state index contributed by atoms with van der Waals surface area (Å²) in [4.78, 5) is 16.7. The summed E-state index contributed by atoms with van der Waals surface area (Å²) in [7, 11) is 0. The molecule has 0 radical (unpaired) electrons. The van der Waals surface area contributed by atoms with Crippen molar-refractivity contribution < 1.29 is 14.0 Å². The van der Waals surface area contributed by atoms with E-state index >= 15 is 0 Å². The van der Waals surface area contributed by atoms with E-state index in [-0.39, 0.29) is 0 Å². The molecule has 1 rings (SSSR count). The SMILES string of the molecule is N=C=O.N=C=O.c1ccoc1. The molecule has 5 nitrogen and oxygen atoms in total. The Bertz CT molecular complexity index is 177. The fraction of sp³-hybridized carbons (Fsp3) is 0. The second kappa shape index (κ2) is 15.7. The lowest BCUT2D eigenvalue weighted by atomic mass is 10.7. The Morgan fingerprint density at radius 2 is 1.27 bits per heavy atom. The van der Waals surface area contributed by atoms with E-state index in [1.807, 2.05) is 12.1 Å². The maximum absolute atomic E-state index is 8.35. The molecule has 1 aromatic heterocycles. The van der Waals surface area contributed by atoms with E-state index in [1.165, 1.54) is 0 Å². The van der Waals surface area contributed by atoms with Crippen LogP contribution in [0.25, 0.3) is 0 Å². The van der Waals surface area contributed by atoms with Crippen molar-refractivity contribution in [1.82, 2.24) is 0 Å². The molecule has 11 heavy (non-hydrogen) atoms. The predicted molar refractivity (Wildman–Crippen MR) is 35.5 cm³/mol. The quantitative estimate of drug-likeness (QED) is 0.432. The Morgan fingerprint density at radius 3 is 1.36 bits per heavy atom. The highest BCUT2D eigenvalue weighted by Gasteiger charge is 1.58. The van der Waals surface area contributed by atoms with Gasteiger partial charge < -0.3 is 4.42 Å². The maximum atomic E-state index is 8.35. The van der Waals surface area contributed by atoms with E-state index in [9.17, 15) is 0 Å². The van der Waals surface area contributed by atoms with Crippen LogP contribution in [0.3, 0.4) is 0 Å². The van der Waals surface area contributed by atoms with Gasteiger partial charge in [0.05, 0.1) is 12.5 Å². The summed E-state index contributed by atoms with van der Waals surface area (Å²) >= 11 is 0. The van der Waals surface area contributed by atoms with Gasteiger partial charge in [-0.3, -0.25) is 0 Å². The molecule has 0 aliphatic rings. The summed E-state index contributed by atoms with van der Waals surface area (Å²) < 4.78 is 4.58. The molecular formula is C6H6N2O3. The van der Waals surface area contributed by atoms with Crippen molar-refractivity contribution >= 4 is 12.2 Å². The molecule has 0 amide bonds. The number of nitrogens with one attached hydrogen (secondary N) is 2. The monoisotopic (exact) mass is 154 g/mol. The first-order valence-corrected chi connectivity index (χ1v) is 2.38. The Morgan fingerprint density at radius 1 is 1.00 bits per heavy atom. The minimum absolute atomic E-state index is 0.750. The molecule has 0 spiro atoms. The summed E-state index contributed by atoms with van der Waals surface area (Å²) in [6.45, 7) is 0. The van der Waals surface area contributed by atoms with Crippen molar-refractivity contribution in [2.24, 2.45) is 0 Å². The first kappa shape index (κ1) is 11.8. The molecule has 0 fully saturated rings. The Labute approximate surface area is 62.7 Å². The second-order valence-electron chi connectivity index (χ2n) is 0.997. The van der Waals surface area contributed by atoms with Crippen LogP contribution >= 0.6 is 0 Å². The molecule has 0 aliphatic carbocycles. The van der Waals surface area contributed by atoms with Crippen LogP contribution in [0.15, 0.2) is 29.1 Å². The van der Waals surface area contributed by atoms with Gasteiger partial charge in [-0.05, 0) is 12.1 Å². The van der Waals surface area contributed by atoms with E-state index in [0.29, 0.717) is 0 Å². The van der Waals surface area contributed by atoms with Crippen LogP contribution in [0.4, 0.5) is 0 Å². The molecule has 1 aromatic rings. The minimum Gasteiger partial charge on any atom is -0.473 e. The number of hydrogen-bond donors (Lipinski definition) is 2. The first-order valence-electron chi connectivity index (χ1n) is 2.38. The summed E-state index contributed by atoms with van der Waals surface area (Å²) in [5, 5.41) is 10.8. The third-order valence-electron chi connectivity index (χ3n) is 0.425. The van der Waals surface area contributed by atoms with Crippen molar-refractivity contribution in [1.29, 1.82) is 10.8 Å². The maximum Gasteiger partial charge on any atom is 0.231 e. The highest BCUT2D eigenvalue weighted by atomic mass is 16.3. The van der Waals surface area contributed by atoms with Gasteiger partial charge in [-0.25, -0.2) is 20.4 Å². The zero-order valence-electron chi connectivity index (χ0n) is 5.53. The number of carbonyl (C=O) groups excluding carboxylic acids is 2. The van der Waals surface area contributed by atoms with Crippen molar-refractivity contribution in [2.75, 3.05) is 0 Å². The van der Waals surface area contributed by atoms with Gasteiger partial charge in [0.1, 0.15) is 0 Å². The van der Waals surface area contributed by atoms with Gasteiger partial charge in [-0.2, -0.15) is 0 Å². The van der Waals surface area contributed by atoms with Crippen molar-refractivity contribution in [3.05, 3.63) is 24.7 Å². The zero-order valence-corrected chi connectivity index (χ0v) is 5.53. The first-order chi connectivity index (χ1) is 5.33. The van der Waals surface area contributed by atoms with E-state index in [2.05, 4.69) is 4.42 Å². The molecule has 0 saturated carbocycles. The third kappa shape index (κ3) is 31.7. The highest BCUT2D eigenvalue weighted by Crippen LogP contribution is 1.79. The molecule has 1 heterocycles.